The Balaban J connectivity index is -0.000000157. The number of rotatable bonds is 14. The van der Waals surface area contributed by atoms with Gasteiger partial charge in [0.2, 0.25) is 0 Å². The van der Waals surface area contributed by atoms with Gasteiger partial charge in [-0.05, 0) is 60.7 Å². The van der Waals surface area contributed by atoms with Crippen molar-refractivity contribution in [1.29, 1.82) is 0 Å². The van der Waals surface area contributed by atoms with Crippen LogP contribution >= 0.6 is 0 Å². The second-order valence-electron chi connectivity index (χ2n) is 12.2. The average Bonchev–Trinajstić information content (AvgIpc) is 3.33. The number of nitrogens with zero attached hydrogens (tertiary/aromatic N) is 4. The molecular formula is C44H56N8NiO20+2. The molecule has 0 fully saturated rings. The molecular weight excluding hydrogens is 1020 g/mol. The summed E-state index contributed by atoms with van der Waals surface area (Å²) in [4.78, 5) is 104. The number of benzene rings is 2. The van der Waals surface area contributed by atoms with Gasteiger partial charge in [-0.15, -0.1) is 0 Å². The maximum absolute atomic E-state index is 11.7. The Hall–Kier alpha value is -9.03. The first-order valence-electron chi connectivity index (χ1n) is 18.6. The number of carbonyl (C=O) groups excluding carboxylic acids is 6. The Labute approximate surface area is 424 Å². The minimum Gasteiger partial charge on any atom is -0.545 e. The van der Waals surface area contributed by atoms with Gasteiger partial charge in [0.25, 0.3) is 23.6 Å². The van der Waals surface area contributed by atoms with E-state index in [9.17, 15) is 48.6 Å². The Morgan fingerprint density at radius 2 is 0.534 bits per heavy atom. The molecule has 0 atom stereocenters. The van der Waals surface area contributed by atoms with E-state index in [0.29, 0.717) is 48.4 Å². The fourth-order valence-electron chi connectivity index (χ4n) is 4.82. The number of hydrogen-bond donors (Lipinski definition) is 6. The second-order valence-corrected chi connectivity index (χ2v) is 12.2. The maximum atomic E-state index is 11.7. The Morgan fingerprint density at radius 3 is 0.685 bits per heavy atom. The van der Waals surface area contributed by atoms with E-state index in [4.69, 9.17) is 10.2 Å². The number of carboxylic acid groups (broad SMARTS) is 4. The van der Waals surface area contributed by atoms with E-state index in [-0.39, 0.29) is 106 Å². The third-order valence-electron chi connectivity index (χ3n) is 7.92. The van der Waals surface area contributed by atoms with Gasteiger partial charge >= 0.3 is 28.4 Å². The monoisotopic (exact) mass is 1070 g/mol. The van der Waals surface area contributed by atoms with Crippen LogP contribution < -0.4 is 31.5 Å². The zero-order valence-electron chi connectivity index (χ0n) is 37.9. The summed E-state index contributed by atoms with van der Waals surface area (Å²) in [7, 11) is 0. The van der Waals surface area contributed by atoms with Crippen molar-refractivity contribution in [2.24, 2.45) is 0 Å². The van der Waals surface area contributed by atoms with Crippen LogP contribution in [-0.2, 0) is 27.4 Å². The van der Waals surface area contributed by atoms with Crippen LogP contribution in [0.25, 0.3) is 0 Å². The third kappa shape index (κ3) is 28.3. The van der Waals surface area contributed by atoms with E-state index < -0.39 is 23.9 Å². The molecule has 0 aliphatic carbocycles. The molecule has 24 N–H and O–H groups in total. The quantitative estimate of drug-likeness (QED) is 0.0336. The molecule has 4 aromatic heterocycles. The molecule has 0 unspecified atom stereocenters. The van der Waals surface area contributed by atoms with Gasteiger partial charge < -0.3 is 95.1 Å². The van der Waals surface area contributed by atoms with Gasteiger partial charge in [0.15, 0.2) is 0 Å². The van der Waals surface area contributed by atoms with Crippen molar-refractivity contribution in [3.63, 3.8) is 0 Å². The van der Waals surface area contributed by atoms with Crippen molar-refractivity contribution >= 4 is 47.5 Å². The summed E-state index contributed by atoms with van der Waals surface area (Å²) in [5, 5.41) is 48.6. The normalized spacial score (nSPS) is 8.44. The van der Waals surface area contributed by atoms with Gasteiger partial charge in [-0.3, -0.25) is 39.1 Å². The summed E-state index contributed by atoms with van der Waals surface area (Å²) in [5.41, 5.74) is 1.06. The first kappa shape index (κ1) is 78.2. The summed E-state index contributed by atoms with van der Waals surface area (Å²) in [6.45, 7) is 1.44. The summed E-state index contributed by atoms with van der Waals surface area (Å²) < 4.78 is 0. The van der Waals surface area contributed by atoms with Gasteiger partial charge in [0.05, 0.1) is 23.1 Å². The number of amides is 4. The van der Waals surface area contributed by atoms with Crippen LogP contribution in [0.3, 0.4) is 0 Å². The summed E-state index contributed by atoms with van der Waals surface area (Å²) >= 11 is 0. The molecule has 6 aromatic rings. The van der Waals surface area contributed by atoms with Crippen molar-refractivity contribution in [1.82, 2.24) is 41.2 Å². The third-order valence-corrected chi connectivity index (χ3v) is 7.92. The average molecular weight is 1080 g/mol. The van der Waals surface area contributed by atoms with Crippen molar-refractivity contribution < 1.29 is 119 Å². The van der Waals surface area contributed by atoms with Crippen LogP contribution in [0.2, 0.25) is 0 Å². The molecule has 0 aliphatic heterocycles. The zero-order valence-corrected chi connectivity index (χ0v) is 38.9. The van der Waals surface area contributed by atoms with Crippen LogP contribution in [0, 0.1) is 0 Å². The van der Waals surface area contributed by atoms with Crippen LogP contribution in [0.4, 0.5) is 0 Å². The number of aromatic nitrogens is 4. The number of hydrogen-bond acceptors (Lipinski definition) is 14. The molecule has 0 saturated carbocycles. The van der Waals surface area contributed by atoms with Gasteiger partial charge in [0, 0.05) is 109 Å². The van der Waals surface area contributed by atoms with Crippen LogP contribution in [-0.4, -0.2) is 137 Å². The van der Waals surface area contributed by atoms with Crippen molar-refractivity contribution in [2.45, 2.75) is 0 Å². The van der Waals surface area contributed by atoms with E-state index in [2.05, 4.69) is 41.2 Å². The molecule has 0 saturated heterocycles. The van der Waals surface area contributed by atoms with E-state index >= 15 is 0 Å². The van der Waals surface area contributed by atoms with Crippen LogP contribution in [0.15, 0.2) is 147 Å². The molecule has 0 radical (unpaired) electrons. The predicted molar refractivity (Wildman–Crippen MR) is 253 cm³/mol. The van der Waals surface area contributed by atoms with Crippen LogP contribution in [0.1, 0.15) is 82.9 Å². The second kappa shape index (κ2) is 43.0. The standard InChI is InChI=1S/2C14H14N4O2.2C8H6O4.Ni.8H2O/c2*19-13(11-1-5-15-6-2-11)17-9-10-18-14(20)12-3-7-16-8-4-12;2*9-7(10)5-3-1-2-4-6(5)8(11)12;;;;;;;;;/h2*1-8H,9-10H2,(H,17,19)(H,18,20);2*1-4H,(H,9,10)(H,11,12);;8*1H2/q;;;;+2;;;;;;;;. The molecule has 28 nitrogen and oxygen atoms in total. The number of pyridine rings is 4. The summed E-state index contributed by atoms with van der Waals surface area (Å²) in [6.07, 6.45) is 12.4. The minimum atomic E-state index is -1.48. The fraction of sp³-hybridized carbons (Fsp3) is 0.0909. The van der Waals surface area contributed by atoms with Crippen molar-refractivity contribution in [3.05, 3.63) is 191 Å². The van der Waals surface area contributed by atoms with Gasteiger partial charge in [0.1, 0.15) is 0 Å². The van der Waals surface area contributed by atoms with Crippen molar-refractivity contribution in [3.8, 4) is 0 Å². The number of aromatic carboxylic acids is 4. The Kier molecular flexibility index (Phi) is 46.1. The Morgan fingerprint density at radius 1 is 0.356 bits per heavy atom. The Bertz CT molecular complexity index is 2170. The molecule has 0 aliphatic rings. The van der Waals surface area contributed by atoms with Gasteiger partial charge in [-0.25, -0.2) is 9.59 Å². The molecule has 6 rings (SSSR count). The molecule has 4 amide bonds. The largest absolute Gasteiger partial charge is 2.00 e. The van der Waals surface area contributed by atoms with Crippen molar-refractivity contribution in [2.75, 3.05) is 26.2 Å². The molecule has 0 bridgehead atoms. The molecule has 73 heavy (non-hydrogen) atoms. The van der Waals surface area contributed by atoms with E-state index in [1.807, 2.05) is 0 Å². The molecule has 0 spiro atoms. The zero-order chi connectivity index (χ0) is 46.7. The summed E-state index contributed by atoms with van der Waals surface area (Å²) in [5.74, 6) is -6.25. The first-order valence-corrected chi connectivity index (χ1v) is 18.6. The smallest absolute Gasteiger partial charge is 0.545 e. The van der Waals surface area contributed by atoms with Crippen LogP contribution in [0.5, 0.6) is 0 Å². The molecule has 4 heterocycles. The topological polar surface area (TPSA) is 578 Å². The molecule has 400 valence electrons. The molecule has 2 aromatic carbocycles. The predicted octanol–water partition coefficient (Wildman–Crippen LogP) is -6.03. The van der Waals surface area contributed by atoms with Gasteiger partial charge in [-0.2, -0.15) is 0 Å². The van der Waals surface area contributed by atoms with Gasteiger partial charge in [-0.1, -0.05) is 36.4 Å². The number of nitrogens with one attached hydrogen (secondary N) is 4. The summed E-state index contributed by atoms with van der Waals surface area (Å²) in [6, 6.07) is 23.6. The van der Waals surface area contributed by atoms with E-state index in [0.717, 1.165) is 0 Å². The van der Waals surface area contributed by atoms with E-state index in [1.54, 1.807) is 98.1 Å². The fourth-order valence-corrected chi connectivity index (χ4v) is 4.82. The van der Waals surface area contributed by atoms with E-state index in [1.165, 1.54) is 48.5 Å². The number of carbonyl (C=O) groups is 8. The number of carboxylic acids is 4. The minimum absolute atomic E-state index is 0. The molecule has 29 heteroatoms. The first-order chi connectivity index (χ1) is 30.8. The maximum Gasteiger partial charge on any atom is 2.00 e. The SMILES string of the molecule is O.O.O.O.O.O.O=C(NCCNC(=O)c1ccncc1)c1ccncc1.O=C(NCCNC(=O)c1ccncc1)c1ccncc1.O=C([O-])c1ccccc1C(=O)O.O=C([O-])c1ccccc1C(=O)O.[Ni+2].[OH3+].[OH3+].